The normalized spacial score (nSPS) is 15.1. The van der Waals surface area contributed by atoms with Crippen LogP contribution in [0.5, 0.6) is 0 Å². The fourth-order valence-corrected chi connectivity index (χ4v) is 2.67. The standard InChI is InChI=1S/C15H11F9N2O2/c16-13(17,18)11(27)7-2-1-6-5(9(7)25)3-4-8(10(6)26)12(28,14(19,20)21)15(22,23)24/h1-4,11,27-28H,25-26H2. The van der Waals surface area contributed by atoms with Crippen LogP contribution in [0.1, 0.15) is 17.2 Å². The fraction of sp³-hybridized carbons (Fsp3) is 0.333. The second-order valence-electron chi connectivity index (χ2n) is 5.84. The molecule has 0 saturated heterocycles. The van der Waals surface area contributed by atoms with Gasteiger partial charge in [-0.2, -0.15) is 39.5 Å². The van der Waals surface area contributed by atoms with Gasteiger partial charge in [-0.15, -0.1) is 0 Å². The van der Waals surface area contributed by atoms with Gasteiger partial charge in [0.05, 0.1) is 0 Å². The van der Waals surface area contributed by atoms with Crippen LogP contribution in [0.25, 0.3) is 10.8 Å². The van der Waals surface area contributed by atoms with Gasteiger partial charge >= 0.3 is 18.5 Å². The van der Waals surface area contributed by atoms with Gasteiger partial charge in [0.15, 0.2) is 6.10 Å². The van der Waals surface area contributed by atoms with Gasteiger partial charge in [0.25, 0.3) is 5.60 Å². The van der Waals surface area contributed by atoms with E-state index in [9.17, 15) is 49.7 Å². The Balaban J connectivity index is 2.80. The SMILES string of the molecule is Nc1c(C(O)C(F)(F)F)ccc2c(N)c(C(O)(C(F)(F)F)C(F)(F)F)ccc12. The first kappa shape index (κ1) is 21.9. The molecular weight excluding hydrogens is 411 g/mol. The number of hydrogen-bond donors (Lipinski definition) is 4. The Kier molecular flexibility index (Phi) is 4.93. The summed E-state index contributed by atoms with van der Waals surface area (Å²) in [6.45, 7) is 0. The summed E-state index contributed by atoms with van der Waals surface area (Å²) in [6, 6.07) is 1.95. The van der Waals surface area contributed by atoms with Crippen molar-refractivity contribution in [2.75, 3.05) is 11.5 Å². The summed E-state index contributed by atoms with van der Waals surface area (Å²) >= 11 is 0. The second-order valence-corrected chi connectivity index (χ2v) is 5.84. The third-order valence-electron chi connectivity index (χ3n) is 4.13. The molecule has 6 N–H and O–H groups in total. The third kappa shape index (κ3) is 3.17. The number of benzene rings is 2. The molecule has 13 heteroatoms. The summed E-state index contributed by atoms with van der Waals surface area (Å²) in [6.07, 6.45) is -20.6. The maximum absolute atomic E-state index is 13.0. The first-order valence-corrected chi connectivity index (χ1v) is 7.16. The molecule has 2 aromatic rings. The number of aliphatic hydroxyl groups excluding tert-OH is 1. The van der Waals surface area contributed by atoms with E-state index in [2.05, 4.69) is 0 Å². The molecule has 156 valence electrons. The number of alkyl halides is 9. The van der Waals surface area contributed by atoms with E-state index in [0.717, 1.165) is 0 Å². The van der Waals surface area contributed by atoms with Gasteiger partial charge in [-0.3, -0.25) is 0 Å². The molecule has 0 heterocycles. The molecule has 0 spiro atoms. The Morgan fingerprint density at radius 1 is 0.714 bits per heavy atom. The summed E-state index contributed by atoms with van der Waals surface area (Å²) in [5, 5.41) is 17.7. The molecule has 0 bridgehead atoms. The summed E-state index contributed by atoms with van der Waals surface area (Å²) in [5.41, 5.74) is 0.990. The van der Waals surface area contributed by atoms with Crippen LogP contribution >= 0.6 is 0 Å². The summed E-state index contributed by atoms with van der Waals surface area (Å²) in [5.74, 6) is 0. The predicted molar refractivity (Wildman–Crippen MR) is 79.8 cm³/mol. The van der Waals surface area contributed by atoms with Gasteiger partial charge in [0, 0.05) is 33.3 Å². The minimum Gasteiger partial charge on any atom is -0.398 e. The first-order chi connectivity index (χ1) is 12.4. The number of rotatable bonds is 2. The summed E-state index contributed by atoms with van der Waals surface area (Å²) < 4.78 is 116. The average molecular weight is 422 g/mol. The molecule has 0 aliphatic carbocycles. The number of hydrogen-bond acceptors (Lipinski definition) is 4. The molecule has 0 fully saturated rings. The van der Waals surface area contributed by atoms with Crippen molar-refractivity contribution in [3.05, 3.63) is 35.4 Å². The average Bonchev–Trinajstić information content (AvgIpc) is 2.51. The van der Waals surface area contributed by atoms with Crippen molar-refractivity contribution in [1.82, 2.24) is 0 Å². The zero-order valence-corrected chi connectivity index (χ0v) is 13.3. The molecule has 0 radical (unpaired) electrons. The van der Waals surface area contributed by atoms with Crippen LogP contribution < -0.4 is 11.5 Å². The lowest BCUT2D eigenvalue weighted by Gasteiger charge is -2.33. The fourth-order valence-electron chi connectivity index (χ4n) is 2.67. The van der Waals surface area contributed by atoms with Gasteiger partial charge < -0.3 is 21.7 Å². The van der Waals surface area contributed by atoms with Crippen molar-refractivity contribution >= 4 is 22.1 Å². The van der Waals surface area contributed by atoms with Crippen molar-refractivity contribution in [3.63, 3.8) is 0 Å². The van der Waals surface area contributed by atoms with E-state index in [1.807, 2.05) is 0 Å². The van der Waals surface area contributed by atoms with E-state index >= 15 is 0 Å². The van der Waals surface area contributed by atoms with Crippen molar-refractivity contribution < 1.29 is 49.7 Å². The summed E-state index contributed by atoms with van der Waals surface area (Å²) in [7, 11) is 0. The third-order valence-corrected chi connectivity index (χ3v) is 4.13. The lowest BCUT2D eigenvalue weighted by Crippen LogP contribution is -2.54. The number of nitrogen functional groups attached to an aromatic ring is 2. The van der Waals surface area contributed by atoms with Gasteiger partial charge in [0.2, 0.25) is 0 Å². The largest absolute Gasteiger partial charge is 0.430 e. The number of halogens is 9. The van der Waals surface area contributed by atoms with E-state index in [0.29, 0.717) is 18.2 Å². The highest BCUT2D eigenvalue weighted by Gasteiger charge is 2.72. The van der Waals surface area contributed by atoms with Crippen molar-refractivity contribution in [2.45, 2.75) is 30.2 Å². The number of fused-ring (bicyclic) bond motifs is 1. The van der Waals surface area contributed by atoms with E-state index < -0.39 is 63.5 Å². The number of anilines is 2. The Morgan fingerprint density at radius 2 is 1.14 bits per heavy atom. The summed E-state index contributed by atoms with van der Waals surface area (Å²) in [4.78, 5) is 0. The van der Waals surface area contributed by atoms with Crippen molar-refractivity contribution in [1.29, 1.82) is 0 Å². The molecule has 28 heavy (non-hydrogen) atoms. The van der Waals surface area contributed by atoms with Crippen LogP contribution in [0.4, 0.5) is 50.9 Å². The van der Waals surface area contributed by atoms with Crippen LogP contribution in [-0.4, -0.2) is 28.7 Å². The smallest absolute Gasteiger partial charge is 0.398 e. The maximum Gasteiger partial charge on any atom is 0.430 e. The Hall–Kier alpha value is -2.41. The minimum atomic E-state index is -6.20. The molecule has 4 nitrogen and oxygen atoms in total. The minimum absolute atomic E-state index is 0.165. The molecule has 2 rings (SSSR count). The molecule has 2 aromatic carbocycles. The van der Waals surface area contributed by atoms with Crippen LogP contribution in [0.15, 0.2) is 24.3 Å². The van der Waals surface area contributed by atoms with Gasteiger partial charge in [-0.05, 0) is 0 Å². The topological polar surface area (TPSA) is 92.5 Å². The van der Waals surface area contributed by atoms with Crippen molar-refractivity contribution in [2.24, 2.45) is 0 Å². The van der Waals surface area contributed by atoms with Gasteiger partial charge in [-0.1, -0.05) is 24.3 Å². The van der Waals surface area contributed by atoms with Crippen LogP contribution in [-0.2, 0) is 5.60 Å². The highest BCUT2D eigenvalue weighted by molar-refractivity contribution is 6.02. The van der Waals surface area contributed by atoms with Crippen LogP contribution in [0, 0.1) is 0 Å². The molecular formula is C15H11F9N2O2. The Morgan fingerprint density at radius 3 is 1.57 bits per heavy atom. The molecule has 1 unspecified atom stereocenters. The maximum atomic E-state index is 13.0. The predicted octanol–water partition coefficient (Wildman–Crippen LogP) is 3.91. The molecule has 0 aromatic heterocycles. The van der Waals surface area contributed by atoms with Crippen LogP contribution in [0.2, 0.25) is 0 Å². The van der Waals surface area contributed by atoms with E-state index in [4.69, 9.17) is 11.5 Å². The first-order valence-electron chi connectivity index (χ1n) is 7.16. The zero-order chi connectivity index (χ0) is 21.9. The number of nitrogens with two attached hydrogens (primary N) is 2. The van der Waals surface area contributed by atoms with E-state index in [1.54, 1.807) is 0 Å². The molecule has 0 amide bonds. The lowest BCUT2D eigenvalue weighted by molar-refractivity contribution is -0.375. The molecule has 1 atom stereocenters. The van der Waals surface area contributed by atoms with Gasteiger partial charge in [0.1, 0.15) is 0 Å². The lowest BCUT2D eigenvalue weighted by atomic mass is 9.87. The number of aliphatic hydroxyl groups is 2. The quantitative estimate of drug-likeness (QED) is 0.436. The van der Waals surface area contributed by atoms with E-state index in [-0.39, 0.29) is 6.07 Å². The molecule has 0 aliphatic rings. The van der Waals surface area contributed by atoms with Crippen molar-refractivity contribution in [3.8, 4) is 0 Å². The Bertz CT molecular complexity index is 889. The highest BCUT2D eigenvalue weighted by Crippen LogP contribution is 2.52. The van der Waals surface area contributed by atoms with Crippen LogP contribution in [0.3, 0.4) is 0 Å². The van der Waals surface area contributed by atoms with E-state index in [1.165, 1.54) is 0 Å². The molecule has 0 aliphatic heterocycles. The Labute approximate surface area is 150 Å². The zero-order valence-electron chi connectivity index (χ0n) is 13.3. The second kappa shape index (κ2) is 6.30. The molecule has 0 saturated carbocycles. The monoisotopic (exact) mass is 422 g/mol. The van der Waals surface area contributed by atoms with Gasteiger partial charge in [-0.25, -0.2) is 0 Å². The highest BCUT2D eigenvalue weighted by atomic mass is 19.4.